The van der Waals surface area contributed by atoms with Gasteiger partial charge >= 0.3 is 0 Å². The molecule has 0 spiro atoms. The molecular weight excluding hydrogens is 677 g/mol. The lowest BCUT2D eigenvalue weighted by Crippen LogP contribution is -1.97. The topological polar surface area (TPSA) is 9.86 Å². The largest absolute Gasteiger partial charge is 0.309 e. The van der Waals surface area contributed by atoms with Gasteiger partial charge in [0.25, 0.3) is 0 Å². The predicted octanol–water partition coefficient (Wildman–Crippen LogP) is 14.5. The van der Waals surface area contributed by atoms with E-state index in [4.69, 9.17) is 0 Å². The molecule has 0 fully saturated rings. The molecule has 0 aliphatic rings. The molecule has 0 amide bonds. The molecule has 0 aliphatic heterocycles. The molecular formula is C54H36N2. The fourth-order valence-corrected chi connectivity index (χ4v) is 8.68. The maximum atomic E-state index is 2.45. The highest BCUT2D eigenvalue weighted by Crippen LogP contribution is 2.40. The van der Waals surface area contributed by atoms with E-state index in [0.29, 0.717) is 0 Å². The molecule has 0 aliphatic carbocycles. The Kier molecular flexibility index (Phi) is 7.53. The third-order valence-corrected chi connectivity index (χ3v) is 11.3. The van der Waals surface area contributed by atoms with E-state index in [-0.39, 0.29) is 0 Å². The second-order valence-corrected chi connectivity index (χ2v) is 14.5. The summed E-state index contributed by atoms with van der Waals surface area (Å²) in [5.41, 5.74) is 16.8. The summed E-state index contributed by atoms with van der Waals surface area (Å²) in [6.45, 7) is 0. The highest BCUT2D eigenvalue weighted by molar-refractivity contribution is 6.12. The van der Waals surface area contributed by atoms with E-state index in [1.54, 1.807) is 0 Å². The number of aromatic nitrogens is 2. The summed E-state index contributed by atoms with van der Waals surface area (Å²) in [5, 5.41) is 5.00. The fourth-order valence-electron chi connectivity index (χ4n) is 8.68. The third-order valence-electron chi connectivity index (χ3n) is 11.3. The first-order chi connectivity index (χ1) is 27.8. The molecule has 2 heterocycles. The van der Waals surface area contributed by atoms with E-state index in [9.17, 15) is 0 Å². The summed E-state index contributed by atoms with van der Waals surface area (Å²) >= 11 is 0. The Labute approximate surface area is 325 Å². The van der Waals surface area contributed by atoms with Crippen molar-refractivity contribution in [1.29, 1.82) is 0 Å². The SMILES string of the molecule is c1ccc(-c2cccc(-c3ccc(-n4c5ccccc5c5ccc(-c6ccc7c8ccccc8n(-c8ccccc8-c8ccccc8)c7c6)cc54)cc3)c2)cc1. The van der Waals surface area contributed by atoms with Crippen LogP contribution in [0.5, 0.6) is 0 Å². The highest BCUT2D eigenvalue weighted by atomic mass is 15.0. The van der Waals surface area contributed by atoms with Crippen molar-refractivity contribution >= 4 is 43.6 Å². The van der Waals surface area contributed by atoms with Gasteiger partial charge in [0.1, 0.15) is 0 Å². The van der Waals surface area contributed by atoms with E-state index >= 15 is 0 Å². The standard InChI is InChI=1S/C54H36N2/c1-3-14-37(15-4-1)40-18-13-19-41(34-40)38-26-30-44(31-27-38)55-51-24-11-8-21-46(51)48-32-28-42(35-53(48)55)43-29-33-49-47-22-9-12-25-52(47)56(54(49)36-43)50-23-10-7-20-45(50)39-16-5-2-6-17-39/h1-36H. The summed E-state index contributed by atoms with van der Waals surface area (Å²) in [5.74, 6) is 0. The van der Waals surface area contributed by atoms with E-state index in [0.717, 1.165) is 5.69 Å². The fraction of sp³-hybridized carbons (Fsp3) is 0. The van der Waals surface area contributed by atoms with Crippen molar-refractivity contribution in [3.63, 3.8) is 0 Å². The molecule has 0 bridgehead atoms. The van der Waals surface area contributed by atoms with Gasteiger partial charge in [-0.1, -0.05) is 170 Å². The van der Waals surface area contributed by atoms with Crippen molar-refractivity contribution in [2.45, 2.75) is 0 Å². The Hall–Kier alpha value is -7.42. The van der Waals surface area contributed by atoms with Crippen molar-refractivity contribution in [2.75, 3.05) is 0 Å². The van der Waals surface area contributed by atoms with Crippen molar-refractivity contribution in [3.05, 3.63) is 218 Å². The molecule has 2 heteroatoms. The van der Waals surface area contributed by atoms with Gasteiger partial charge < -0.3 is 9.13 Å². The van der Waals surface area contributed by atoms with E-state index in [1.807, 2.05) is 0 Å². The highest BCUT2D eigenvalue weighted by Gasteiger charge is 2.18. The maximum absolute atomic E-state index is 2.45. The first kappa shape index (κ1) is 32.0. The number of para-hydroxylation sites is 3. The minimum atomic E-state index is 1.14. The second-order valence-electron chi connectivity index (χ2n) is 14.5. The normalized spacial score (nSPS) is 11.6. The minimum Gasteiger partial charge on any atom is -0.309 e. The number of hydrogen-bond acceptors (Lipinski definition) is 0. The Balaban J connectivity index is 1.05. The number of hydrogen-bond donors (Lipinski definition) is 0. The van der Waals surface area contributed by atoms with Gasteiger partial charge in [0.15, 0.2) is 0 Å². The summed E-state index contributed by atoms with van der Waals surface area (Å²) < 4.78 is 4.87. The lowest BCUT2D eigenvalue weighted by molar-refractivity contribution is 1.18. The number of nitrogens with zero attached hydrogens (tertiary/aromatic N) is 2. The van der Waals surface area contributed by atoms with E-state index in [1.165, 1.54) is 93.8 Å². The van der Waals surface area contributed by atoms with Crippen LogP contribution in [0.2, 0.25) is 0 Å². The van der Waals surface area contributed by atoms with Gasteiger partial charge in [-0.3, -0.25) is 0 Å². The smallest absolute Gasteiger partial charge is 0.0547 e. The van der Waals surface area contributed by atoms with Crippen LogP contribution in [0.1, 0.15) is 0 Å². The minimum absolute atomic E-state index is 1.14. The number of rotatable bonds is 6. The van der Waals surface area contributed by atoms with Crippen LogP contribution in [0.25, 0.3) is 99.5 Å². The van der Waals surface area contributed by atoms with Crippen LogP contribution in [0, 0.1) is 0 Å². The molecule has 2 nitrogen and oxygen atoms in total. The molecule has 0 atom stereocenters. The molecule has 0 saturated carbocycles. The van der Waals surface area contributed by atoms with Gasteiger partial charge in [0.05, 0.1) is 27.8 Å². The summed E-state index contributed by atoms with van der Waals surface area (Å²) in [6, 6.07) is 79.4. The van der Waals surface area contributed by atoms with E-state index in [2.05, 4.69) is 228 Å². The van der Waals surface area contributed by atoms with Crippen LogP contribution in [-0.2, 0) is 0 Å². The molecule has 11 rings (SSSR count). The van der Waals surface area contributed by atoms with Gasteiger partial charge in [0.2, 0.25) is 0 Å². The molecule has 0 saturated heterocycles. The van der Waals surface area contributed by atoms with Gasteiger partial charge in [-0.2, -0.15) is 0 Å². The van der Waals surface area contributed by atoms with Crippen LogP contribution in [-0.4, -0.2) is 9.13 Å². The Morgan fingerprint density at radius 1 is 0.232 bits per heavy atom. The van der Waals surface area contributed by atoms with Gasteiger partial charge in [-0.15, -0.1) is 0 Å². The Morgan fingerprint density at radius 3 is 1.30 bits per heavy atom. The monoisotopic (exact) mass is 712 g/mol. The molecule has 0 N–H and O–H groups in total. The van der Waals surface area contributed by atoms with Gasteiger partial charge in [-0.05, 0) is 87.5 Å². The van der Waals surface area contributed by atoms with Crippen LogP contribution in [0.4, 0.5) is 0 Å². The Morgan fingerprint density at radius 2 is 0.661 bits per heavy atom. The summed E-state index contributed by atoms with van der Waals surface area (Å²) in [4.78, 5) is 0. The molecule has 2 aromatic heterocycles. The average Bonchev–Trinajstić information content (AvgIpc) is 3.79. The predicted molar refractivity (Wildman–Crippen MR) is 237 cm³/mol. The van der Waals surface area contributed by atoms with Crippen molar-refractivity contribution in [3.8, 4) is 55.9 Å². The van der Waals surface area contributed by atoms with Crippen molar-refractivity contribution < 1.29 is 0 Å². The van der Waals surface area contributed by atoms with Crippen molar-refractivity contribution in [2.24, 2.45) is 0 Å². The quantitative estimate of drug-likeness (QED) is 0.162. The van der Waals surface area contributed by atoms with Crippen LogP contribution in [0.15, 0.2) is 218 Å². The lowest BCUT2D eigenvalue weighted by atomic mass is 9.99. The first-order valence-electron chi connectivity index (χ1n) is 19.3. The average molecular weight is 713 g/mol. The Bertz CT molecular complexity index is 3220. The third kappa shape index (κ3) is 5.26. The number of fused-ring (bicyclic) bond motifs is 6. The zero-order chi connectivity index (χ0) is 37.0. The molecule has 0 unspecified atom stereocenters. The van der Waals surface area contributed by atoms with Gasteiger partial charge in [0, 0.05) is 32.8 Å². The molecule has 56 heavy (non-hydrogen) atoms. The lowest BCUT2D eigenvalue weighted by Gasteiger charge is -2.14. The molecule has 0 radical (unpaired) electrons. The number of benzene rings is 9. The summed E-state index contributed by atoms with van der Waals surface area (Å²) in [6.07, 6.45) is 0. The zero-order valence-electron chi connectivity index (χ0n) is 30.7. The van der Waals surface area contributed by atoms with Crippen LogP contribution in [0.3, 0.4) is 0 Å². The maximum Gasteiger partial charge on any atom is 0.0547 e. The van der Waals surface area contributed by atoms with Crippen LogP contribution < -0.4 is 0 Å². The summed E-state index contributed by atoms with van der Waals surface area (Å²) in [7, 11) is 0. The zero-order valence-corrected chi connectivity index (χ0v) is 30.7. The van der Waals surface area contributed by atoms with Crippen LogP contribution >= 0.6 is 0 Å². The first-order valence-corrected chi connectivity index (χ1v) is 19.3. The van der Waals surface area contributed by atoms with E-state index < -0.39 is 0 Å². The molecule has 262 valence electrons. The van der Waals surface area contributed by atoms with Gasteiger partial charge in [-0.25, -0.2) is 0 Å². The molecule has 9 aromatic carbocycles. The molecule has 11 aromatic rings. The second kappa shape index (κ2) is 13.2. The van der Waals surface area contributed by atoms with Crippen molar-refractivity contribution in [1.82, 2.24) is 9.13 Å².